The Labute approximate surface area is 86.1 Å². The number of hydrogen-bond donors (Lipinski definition) is 0. The Morgan fingerprint density at radius 2 is 2.07 bits per heavy atom. The SMILES string of the molecule is CCC(C)Oc1cccc(C(F)(F)F)n1. The Morgan fingerprint density at radius 3 is 2.60 bits per heavy atom. The van der Waals surface area contributed by atoms with E-state index in [1.54, 1.807) is 6.92 Å². The van der Waals surface area contributed by atoms with Gasteiger partial charge in [-0.15, -0.1) is 0 Å². The molecule has 2 nitrogen and oxygen atoms in total. The maximum absolute atomic E-state index is 12.3. The largest absolute Gasteiger partial charge is 0.475 e. The van der Waals surface area contributed by atoms with Crippen LogP contribution in [-0.2, 0) is 6.18 Å². The van der Waals surface area contributed by atoms with E-state index in [-0.39, 0.29) is 12.0 Å². The number of pyridine rings is 1. The Balaban J connectivity index is 2.84. The summed E-state index contributed by atoms with van der Waals surface area (Å²) in [6.07, 6.45) is -3.84. The predicted octanol–water partition coefficient (Wildman–Crippen LogP) is 3.28. The van der Waals surface area contributed by atoms with Crippen LogP contribution >= 0.6 is 0 Å². The third kappa shape index (κ3) is 3.42. The fourth-order valence-electron chi connectivity index (χ4n) is 0.928. The van der Waals surface area contributed by atoms with Crippen molar-refractivity contribution >= 4 is 0 Å². The van der Waals surface area contributed by atoms with Crippen molar-refractivity contribution in [2.75, 3.05) is 0 Å². The zero-order valence-corrected chi connectivity index (χ0v) is 8.51. The smallest absolute Gasteiger partial charge is 0.433 e. The molecule has 1 heterocycles. The minimum absolute atomic E-state index is 0.0131. The van der Waals surface area contributed by atoms with Crippen molar-refractivity contribution in [2.45, 2.75) is 32.5 Å². The Bertz CT molecular complexity index is 325. The monoisotopic (exact) mass is 219 g/mol. The third-order valence-corrected chi connectivity index (χ3v) is 1.91. The van der Waals surface area contributed by atoms with E-state index >= 15 is 0 Å². The van der Waals surface area contributed by atoms with E-state index in [0.29, 0.717) is 0 Å². The molecule has 0 bridgehead atoms. The summed E-state index contributed by atoms with van der Waals surface area (Å²) in [6.45, 7) is 3.67. The van der Waals surface area contributed by atoms with Gasteiger partial charge in [-0.3, -0.25) is 0 Å². The zero-order valence-electron chi connectivity index (χ0n) is 8.51. The number of nitrogens with zero attached hydrogens (tertiary/aromatic N) is 1. The average Bonchev–Trinajstić information content (AvgIpc) is 2.17. The summed E-state index contributed by atoms with van der Waals surface area (Å²) in [5, 5.41) is 0. The van der Waals surface area contributed by atoms with Crippen molar-refractivity contribution in [2.24, 2.45) is 0 Å². The summed E-state index contributed by atoms with van der Waals surface area (Å²) >= 11 is 0. The van der Waals surface area contributed by atoms with Gasteiger partial charge in [0.1, 0.15) is 5.69 Å². The number of alkyl halides is 3. The molecule has 1 aromatic rings. The number of halogens is 3. The van der Waals surface area contributed by atoms with Crippen molar-refractivity contribution in [3.8, 4) is 5.88 Å². The average molecular weight is 219 g/mol. The molecule has 1 aromatic heterocycles. The van der Waals surface area contributed by atoms with Gasteiger partial charge in [0.05, 0.1) is 6.10 Å². The number of rotatable bonds is 3. The summed E-state index contributed by atoms with van der Waals surface area (Å²) in [5.41, 5.74) is -0.927. The van der Waals surface area contributed by atoms with Gasteiger partial charge in [-0.25, -0.2) is 4.98 Å². The maximum atomic E-state index is 12.3. The van der Waals surface area contributed by atoms with Crippen molar-refractivity contribution in [1.82, 2.24) is 4.98 Å². The van der Waals surface area contributed by atoms with Crippen LogP contribution in [0.2, 0.25) is 0 Å². The Kier molecular flexibility index (Phi) is 3.55. The van der Waals surface area contributed by atoms with Crippen LogP contribution in [0.5, 0.6) is 5.88 Å². The molecule has 0 saturated carbocycles. The molecule has 0 fully saturated rings. The van der Waals surface area contributed by atoms with E-state index in [1.165, 1.54) is 12.1 Å². The molecule has 0 aliphatic heterocycles. The van der Waals surface area contributed by atoms with Crippen LogP contribution in [0.25, 0.3) is 0 Å². The van der Waals surface area contributed by atoms with Crippen molar-refractivity contribution in [3.63, 3.8) is 0 Å². The van der Waals surface area contributed by atoms with E-state index in [1.807, 2.05) is 6.92 Å². The van der Waals surface area contributed by atoms with E-state index in [9.17, 15) is 13.2 Å². The molecule has 0 aliphatic rings. The Hall–Kier alpha value is -1.26. The molecule has 0 spiro atoms. The normalized spacial score (nSPS) is 13.7. The first-order valence-electron chi connectivity index (χ1n) is 4.64. The van der Waals surface area contributed by atoms with E-state index in [2.05, 4.69) is 4.98 Å². The van der Waals surface area contributed by atoms with E-state index < -0.39 is 11.9 Å². The van der Waals surface area contributed by atoms with Crippen LogP contribution in [0, 0.1) is 0 Å². The third-order valence-electron chi connectivity index (χ3n) is 1.91. The highest BCUT2D eigenvalue weighted by molar-refractivity contribution is 5.17. The van der Waals surface area contributed by atoms with Gasteiger partial charge in [0.25, 0.3) is 0 Å². The van der Waals surface area contributed by atoms with Gasteiger partial charge in [-0.1, -0.05) is 13.0 Å². The quantitative estimate of drug-likeness (QED) is 0.778. The molecule has 0 amide bonds. The van der Waals surface area contributed by atoms with Gasteiger partial charge in [-0.2, -0.15) is 13.2 Å². The zero-order chi connectivity index (χ0) is 11.5. The summed E-state index contributed by atoms with van der Waals surface area (Å²) in [5.74, 6) is 0.0131. The molecule has 0 N–H and O–H groups in total. The number of ether oxygens (including phenoxy) is 1. The predicted molar refractivity (Wildman–Crippen MR) is 49.6 cm³/mol. The van der Waals surface area contributed by atoms with Crippen LogP contribution in [0.4, 0.5) is 13.2 Å². The summed E-state index contributed by atoms with van der Waals surface area (Å²) in [7, 11) is 0. The van der Waals surface area contributed by atoms with Crippen LogP contribution in [0.15, 0.2) is 18.2 Å². The lowest BCUT2D eigenvalue weighted by atomic mass is 10.3. The fourth-order valence-corrected chi connectivity index (χ4v) is 0.928. The van der Waals surface area contributed by atoms with Gasteiger partial charge >= 0.3 is 6.18 Å². The molecular formula is C10H12F3NO. The summed E-state index contributed by atoms with van der Waals surface area (Å²) < 4.78 is 42.0. The molecule has 0 saturated heterocycles. The molecule has 1 atom stereocenters. The van der Waals surface area contributed by atoms with Crippen molar-refractivity contribution in [1.29, 1.82) is 0 Å². The summed E-state index contributed by atoms with van der Waals surface area (Å²) in [4.78, 5) is 3.38. The lowest BCUT2D eigenvalue weighted by Gasteiger charge is -2.12. The van der Waals surface area contributed by atoms with Gasteiger partial charge in [0.2, 0.25) is 5.88 Å². The molecular weight excluding hydrogens is 207 g/mol. The lowest BCUT2D eigenvalue weighted by molar-refractivity contribution is -0.141. The maximum Gasteiger partial charge on any atom is 0.433 e. The van der Waals surface area contributed by atoms with Crippen LogP contribution in [-0.4, -0.2) is 11.1 Å². The molecule has 0 aromatic carbocycles. The fraction of sp³-hybridized carbons (Fsp3) is 0.500. The van der Waals surface area contributed by atoms with Crippen LogP contribution < -0.4 is 4.74 Å². The first-order valence-corrected chi connectivity index (χ1v) is 4.64. The molecule has 0 aliphatic carbocycles. The second-order valence-corrected chi connectivity index (χ2v) is 3.20. The molecule has 0 radical (unpaired) electrons. The topological polar surface area (TPSA) is 22.1 Å². The molecule has 5 heteroatoms. The second kappa shape index (κ2) is 4.51. The highest BCUT2D eigenvalue weighted by Gasteiger charge is 2.32. The minimum atomic E-state index is -4.42. The number of aromatic nitrogens is 1. The molecule has 15 heavy (non-hydrogen) atoms. The van der Waals surface area contributed by atoms with E-state index in [4.69, 9.17) is 4.74 Å². The first-order chi connectivity index (χ1) is 6.93. The van der Waals surface area contributed by atoms with Crippen molar-refractivity contribution < 1.29 is 17.9 Å². The molecule has 1 rings (SSSR count). The van der Waals surface area contributed by atoms with Crippen LogP contribution in [0.1, 0.15) is 26.0 Å². The van der Waals surface area contributed by atoms with E-state index in [0.717, 1.165) is 12.5 Å². The van der Waals surface area contributed by atoms with Gasteiger partial charge in [0, 0.05) is 6.07 Å². The first kappa shape index (κ1) is 11.8. The highest BCUT2D eigenvalue weighted by Crippen LogP contribution is 2.28. The summed E-state index contributed by atoms with van der Waals surface area (Å²) in [6, 6.07) is 3.62. The van der Waals surface area contributed by atoms with Gasteiger partial charge < -0.3 is 4.74 Å². The minimum Gasteiger partial charge on any atom is -0.475 e. The molecule has 84 valence electrons. The standard InChI is InChI=1S/C10H12F3NO/c1-3-7(2)15-9-6-4-5-8(14-9)10(11,12)13/h4-7H,3H2,1-2H3. The molecule has 1 unspecified atom stereocenters. The lowest BCUT2D eigenvalue weighted by Crippen LogP contribution is -2.13. The van der Waals surface area contributed by atoms with Crippen LogP contribution in [0.3, 0.4) is 0 Å². The van der Waals surface area contributed by atoms with Gasteiger partial charge in [-0.05, 0) is 19.4 Å². The highest BCUT2D eigenvalue weighted by atomic mass is 19.4. The van der Waals surface area contributed by atoms with Gasteiger partial charge in [0.15, 0.2) is 0 Å². The number of hydrogen-bond acceptors (Lipinski definition) is 2. The Morgan fingerprint density at radius 1 is 1.40 bits per heavy atom. The van der Waals surface area contributed by atoms with Crippen molar-refractivity contribution in [3.05, 3.63) is 23.9 Å². The second-order valence-electron chi connectivity index (χ2n) is 3.20.